The van der Waals surface area contributed by atoms with E-state index in [2.05, 4.69) is 11.9 Å². The van der Waals surface area contributed by atoms with Crippen LogP contribution in [0.1, 0.15) is 36.7 Å². The van der Waals surface area contributed by atoms with Gasteiger partial charge in [-0.1, -0.05) is 13.3 Å². The zero-order chi connectivity index (χ0) is 11.7. The third-order valence-electron chi connectivity index (χ3n) is 1.63. The SMILES string of the molecule is CCCCC(=N)N.O=C(O)c1ccc[nH]1. The highest BCUT2D eigenvalue weighted by Gasteiger charge is 1.98. The highest BCUT2D eigenvalue weighted by atomic mass is 16.4. The average Bonchev–Trinajstić information content (AvgIpc) is 2.68. The van der Waals surface area contributed by atoms with E-state index in [1.807, 2.05) is 0 Å². The molecule has 0 aliphatic rings. The van der Waals surface area contributed by atoms with E-state index in [0.717, 1.165) is 19.3 Å². The first-order valence-electron chi connectivity index (χ1n) is 4.77. The van der Waals surface area contributed by atoms with Crippen LogP contribution in [0.3, 0.4) is 0 Å². The van der Waals surface area contributed by atoms with Crippen LogP contribution >= 0.6 is 0 Å². The number of nitrogens with one attached hydrogen (secondary N) is 2. The van der Waals surface area contributed by atoms with Gasteiger partial charge in [0.25, 0.3) is 0 Å². The number of aromatic nitrogens is 1. The van der Waals surface area contributed by atoms with E-state index in [0.29, 0.717) is 5.84 Å². The molecular weight excluding hydrogens is 194 g/mol. The average molecular weight is 211 g/mol. The minimum atomic E-state index is -0.921. The number of carbonyl (C=O) groups is 1. The Labute approximate surface area is 88.8 Å². The lowest BCUT2D eigenvalue weighted by molar-refractivity contribution is 0.0691. The molecule has 5 N–H and O–H groups in total. The van der Waals surface area contributed by atoms with Gasteiger partial charge in [-0.3, -0.25) is 5.41 Å². The molecule has 0 aliphatic carbocycles. The summed E-state index contributed by atoms with van der Waals surface area (Å²) in [6, 6.07) is 3.14. The summed E-state index contributed by atoms with van der Waals surface area (Å²) in [5, 5.41) is 15.0. The number of aromatic amines is 1. The predicted octanol–water partition coefficient (Wildman–Crippen LogP) is 1.83. The molecule has 0 saturated carbocycles. The Kier molecular flexibility index (Phi) is 6.70. The Morgan fingerprint density at radius 1 is 1.67 bits per heavy atom. The van der Waals surface area contributed by atoms with Crippen molar-refractivity contribution in [3.8, 4) is 0 Å². The Bertz CT molecular complexity index is 294. The van der Waals surface area contributed by atoms with Crippen LogP contribution in [-0.4, -0.2) is 21.9 Å². The number of nitrogens with two attached hydrogens (primary N) is 1. The molecule has 0 atom stereocenters. The largest absolute Gasteiger partial charge is 0.477 e. The second kappa shape index (κ2) is 7.61. The van der Waals surface area contributed by atoms with Crippen LogP contribution in [0.5, 0.6) is 0 Å². The fourth-order valence-electron chi connectivity index (χ4n) is 0.831. The second-order valence-electron chi connectivity index (χ2n) is 3.02. The zero-order valence-corrected chi connectivity index (χ0v) is 8.79. The molecule has 0 unspecified atom stereocenters. The van der Waals surface area contributed by atoms with Crippen LogP contribution in [0.2, 0.25) is 0 Å². The number of hydrogen-bond donors (Lipinski definition) is 4. The van der Waals surface area contributed by atoms with E-state index < -0.39 is 5.97 Å². The molecule has 0 aliphatic heterocycles. The van der Waals surface area contributed by atoms with E-state index in [1.54, 1.807) is 12.3 Å². The summed E-state index contributed by atoms with van der Waals surface area (Å²) >= 11 is 0. The molecular formula is C10H17N3O2. The van der Waals surface area contributed by atoms with Crippen molar-refractivity contribution in [3.63, 3.8) is 0 Å². The molecule has 5 nitrogen and oxygen atoms in total. The highest BCUT2D eigenvalue weighted by Crippen LogP contribution is 1.91. The second-order valence-corrected chi connectivity index (χ2v) is 3.02. The number of amidine groups is 1. The third kappa shape index (κ3) is 7.30. The van der Waals surface area contributed by atoms with Gasteiger partial charge in [0.05, 0.1) is 5.84 Å². The van der Waals surface area contributed by atoms with Crippen LogP contribution in [0.15, 0.2) is 18.3 Å². The summed E-state index contributed by atoms with van der Waals surface area (Å²) in [6.07, 6.45) is 4.51. The lowest BCUT2D eigenvalue weighted by Crippen LogP contribution is -2.07. The van der Waals surface area contributed by atoms with E-state index >= 15 is 0 Å². The fourth-order valence-corrected chi connectivity index (χ4v) is 0.831. The van der Waals surface area contributed by atoms with Crippen molar-refractivity contribution in [2.45, 2.75) is 26.2 Å². The summed E-state index contributed by atoms with van der Waals surface area (Å²) in [5.74, 6) is -0.614. The van der Waals surface area contributed by atoms with E-state index in [9.17, 15) is 4.79 Å². The molecule has 0 spiro atoms. The van der Waals surface area contributed by atoms with Crippen molar-refractivity contribution in [3.05, 3.63) is 24.0 Å². The lowest BCUT2D eigenvalue weighted by atomic mass is 10.2. The predicted molar refractivity (Wildman–Crippen MR) is 59.2 cm³/mol. The Morgan fingerprint density at radius 2 is 2.33 bits per heavy atom. The number of hydrogen-bond acceptors (Lipinski definition) is 2. The minimum absolute atomic E-state index is 0.227. The quantitative estimate of drug-likeness (QED) is 0.451. The zero-order valence-electron chi connectivity index (χ0n) is 8.79. The van der Waals surface area contributed by atoms with Crippen molar-refractivity contribution in [1.82, 2.24) is 4.98 Å². The molecule has 0 bridgehead atoms. The molecule has 5 heteroatoms. The van der Waals surface area contributed by atoms with Gasteiger partial charge in [-0.15, -0.1) is 0 Å². The smallest absolute Gasteiger partial charge is 0.352 e. The monoisotopic (exact) mass is 211 g/mol. The maximum absolute atomic E-state index is 10.0. The lowest BCUT2D eigenvalue weighted by Gasteiger charge is -1.90. The van der Waals surface area contributed by atoms with Crippen molar-refractivity contribution in [1.29, 1.82) is 5.41 Å². The van der Waals surface area contributed by atoms with E-state index in [1.165, 1.54) is 6.07 Å². The summed E-state index contributed by atoms with van der Waals surface area (Å²) in [7, 11) is 0. The summed E-state index contributed by atoms with van der Waals surface area (Å²) in [5.41, 5.74) is 5.29. The first kappa shape index (κ1) is 13.2. The molecule has 1 aromatic heterocycles. The first-order chi connectivity index (χ1) is 7.07. The number of carboxylic acids is 1. The van der Waals surface area contributed by atoms with Gasteiger partial charge in [0, 0.05) is 12.6 Å². The molecule has 0 radical (unpaired) electrons. The molecule has 0 aromatic carbocycles. The van der Waals surface area contributed by atoms with Gasteiger partial charge in [0.2, 0.25) is 0 Å². The van der Waals surface area contributed by atoms with Crippen LogP contribution in [0.4, 0.5) is 0 Å². The van der Waals surface area contributed by atoms with Crippen molar-refractivity contribution in [2.75, 3.05) is 0 Å². The molecule has 0 saturated heterocycles. The Morgan fingerprint density at radius 3 is 2.53 bits per heavy atom. The van der Waals surface area contributed by atoms with Gasteiger partial charge in [-0.2, -0.15) is 0 Å². The normalized spacial score (nSPS) is 8.87. The van der Waals surface area contributed by atoms with Crippen molar-refractivity contribution >= 4 is 11.8 Å². The summed E-state index contributed by atoms with van der Waals surface area (Å²) in [4.78, 5) is 12.6. The number of rotatable bonds is 4. The molecule has 1 rings (SSSR count). The maximum atomic E-state index is 10.0. The molecule has 1 heterocycles. The van der Waals surface area contributed by atoms with Crippen molar-refractivity contribution < 1.29 is 9.90 Å². The van der Waals surface area contributed by atoms with Gasteiger partial charge in [-0.25, -0.2) is 4.79 Å². The fraction of sp³-hybridized carbons (Fsp3) is 0.400. The van der Waals surface area contributed by atoms with Crippen LogP contribution in [0, 0.1) is 5.41 Å². The van der Waals surface area contributed by atoms with Crippen molar-refractivity contribution in [2.24, 2.45) is 5.73 Å². The summed E-state index contributed by atoms with van der Waals surface area (Å²) < 4.78 is 0. The Hall–Kier alpha value is -1.78. The van der Waals surface area contributed by atoms with Gasteiger partial charge in [-0.05, 0) is 18.6 Å². The number of unbranched alkanes of at least 4 members (excludes halogenated alkanes) is 1. The first-order valence-corrected chi connectivity index (χ1v) is 4.77. The number of aromatic carboxylic acids is 1. The molecule has 0 amide bonds. The standard InChI is InChI=1S/C5H12N2.C5H5NO2/c1-2-3-4-5(6)7;7-5(8)4-2-1-3-6-4/h2-4H2,1H3,(H3,6,7);1-3,6H,(H,7,8). The topological polar surface area (TPSA) is 103 Å². The molecule has 15 heavy (non-hydrogen) atoms. The summed E-state index contributed by atoms with van der Waals surface area (Å²) in [6.45, 7) is 2.09. The van der Waals surface area contributed by atoms with Crippen LogP contribution < -0.4 is 5.73 Å². The number of H-pyrrole nitrogens is 1. The van der Waals surface area contributed by atoms with Gasteiger partial charge in [0.1, 0.15) is 5.69 Å². The van der Waals surface area contributed by atoms with Gasteiger partial charge in [0.15, 0.2) is 0 Å². The van der Waals surface area contributed by atoms with E-state index in [4.69, 9.17) is 16.2 Å². The molecule has 0 fully saturated rings. The highest BCUT2D eigenvalue weighted by molar-refractivity contribution is 5.85. The third-order valence-corrected chi connectivity index (χ3v) is 1.63. The maximum Gasteiger partial charge on any atom is 0.352 e. The molecule has 84 valence electrons. The van der Waals surface area contributed by atoms with E-state index in [-0.39, 0.29) is 5.69 Å². The van der Waals surface area contributed by atoms with Gasteiger partial charge >= 0.3 is 5.97 Å². The van der Waals surface area contributed by atoms with Crippen LogP contribution in [-0.2, 0) is 0 Å². The minimum Gasteiger partial charge on any atom is -0.477 e. The molecule has 1 aromatic rings. The number of carboxylic acid groups (broad SMARTS) is 1. The Balaban J connectivity index is 0.000000265. The van der Waals surface area contributed by atoms with Gasteiger partial charge < -0.3 is 15.8 Å². The van der Waals surface area contributed by atoms with Crippen LogP contribution in [0.25, 0.3) is 0 Å².